The van der Waals surface area contributed by atoms with Crippen molar-refractivity contribution in [2.24, 2.45) is 0 Å². The highest BCUT2D eigenvalue weighted by atomic mass is 16.5. The Hall–Kier alpha value is -2.62. The van der Waals surface area contributed by atoms with Crippen molar-refractivity contribution in [3.8, 4) is 11.1 Å². The van der Waals surface area contributed by atoms with Crippen LogP contribution < -0.4 is 0 Å². The molecule has 0 bridgehead atoms. The zero-order chi connectivity index (χ0) is 15.5. The van der Waals surface area contributed by atoms with Crippen LogP contribution in [0.2, 0.25) is 0 Å². The van der Waals surface area contributed by atoms with Crippen LogP contribution in [-0.4, -0.2) is 22.0 Å². The third-order valence-corrected chi connectivity index (χ3v) is 3.67. The lowest BCUT2D eigenvalue weighted by Gasteiger charge is -2.09. The van der Waals surface area contributed by atoms with E-state index in [1.54, 1.807) is 19.3 Å². The van der Waals surface area contributed by atoms with Gasteiger partial charge in [-0.2, -0.15) is 0 Å². The smallest absolute Gasteiger partial charge is 0.339 e. The van der Waals surface area contributed by atoms with E-state index in [1.165, 1.54) is 5.56 Å². The van der Waals surface area contributed by atoms with Gasteiger partial charge in [-0.1, -0.05) is 31.2 Å². The van der Waals surface area contributed by atoms with Gasteiger partial charge in [0.15, 0.2) is 0 Å². The van der Waals surface area contributed by atoms with E-state index in [4.69, 9.17) is 4.74 Å². The molecule has 0 aliphatic carbocycles. The van der Waals surface area contributed by atoms with Crippen LogP contribution in [0.25, 0.3) is 16.8 Å². The van der Waals surface area contributed by atoms with Gasteiger partial charge in [0.2, 0.25) is 0 Å². The maximum atomic E-state index is 12.0. The summed E-state index contributed by atoms with van der Waals surface area (Å²) in [5, 5.41) is 0. The van der Waals surface area contributed by atoms with Gasteiger partial charge in [0.25, 0.3) is 0 Å². The SMILES string of the molecule is CCOC(=O)c1cc(-c2ccc(CC)cc2)c2nccn2c1. The molecule has 0 aliphatic rings. The van der Waals surface area contributed by atoms with E-state index >= 15 is 0 Å². The number of pyridine rings is 1. The normalized spacial score (nSPS) is 10.8. The summed E-state index contributed by atoms with van der Waals surface area (Å²) in [5.74, 6) is -0.315. The molecule has 0 spiro atoms. The number of rotatable bonds is 4. The van der Waals surface area contributed by atoms with Gasteiger partial charge in [-0.3, -0.25) is 0 Å². The van der Waals surface area contributed by atoms with Crippen molar-refractivity contribution in [3.63, 3.8) is 0 Å². The Morgan fingerprint density at radius 3 is 2.68 bits per heavy atom. The van der Waals surface area contributed by atoms with Gasteiger partial charge in [-0.25, -0.2) is 9.78 Å². The highest BCUT2D eigenvalue weighted by molar-refractivity contribution is 5.93. The molecule has 0 saturated carbocycles. The summed E-state index contributed by atoms with van der Waals surface area (Å²) < 4.78 is 6.96. The van der Waals surface area contributed by atoms with Crippen molar-refractivity contribution in [3.05, 3.63) is 60.0 Å². The number of hydrogen-bond donors (Lipinski definition) is 0. The summed E-state index contributed by atoms with van der Waals surface area (Å²) >= 11 is 0. The monoisotopic (exact) mass is 294 g/mol. The van der Waals surface area contributed by atoms with Crippen molar-refractivity contribution >= 4 is 11.6 Å². The summed E-state index contributed by atoms with van der Waals surface area (Å²) in [6.07, 6.45) is 6.32. The van der Waals surface area contributed by atoms with Crippen LogP contribution in [0.3, 0.4) is 0 Å². The Morgan fingerprint density at radius 1 is 1.23 bits per heavy atom. The Kier molecular flexibility index (Phi) is 3.92. The third kappa shape index (κ3) is 2.60. The van der Waals surface area contributed by atoms with Crippen molar-refractivity contribution in [2.75, 3.05) is 6.61 Å². The fraction of sp³-hybridized carbons (Fsp3) is 0.222. The molecule has 0 saturated heterocycles. The van der Waals surface area contributed by atoms with E-state index in [0.29, 0.717) is 12.2 Å². The molecule has 0 amide bonds. The Labute approximate surface area is 129 Å². The maximum absolute atomic E-state index is 12.0. The van der Waals surface area contributed by atoms with Gasteiger partial charge in [-0.15, -0.1) is 0 Å². The molecule has 0 fully saturated rings. The molecule has 0 atom stereocenters. The first-order chi connectivity index (χ1) is 10.7. The second-order valence-corrected chi connectivity index (χ2v) is 5.07. The molecule has 2 heterocycles. The number of nitrogens with zero attached hydrogens (tertiary/aromatic N) is 2. The number of ether oxygens (including phenoxy) is 1. The number of imidazole rings is 1. The number of aryl methyl sites for hydroxylation is 1. The predicted molar refractivity (Wildman–Crippen MR) is 86.0 cm³/mol. The first-order valence-electron chi connectivity index (χ1n) is 7.46. The fourth-order valence-electron chi connectivity index (χ4n) is 2.49. The summed E-state index contributed by atoms with van der Waals surface area (Å²) in [5.41, 5.74) is 4.61. The number of hydrogen-bond acceptors (Lipinski definition) is 3. The average Bonchev–Trinajstić information content (AvgIpc) is 3.02. The second-order valence-electron chi connectivity index (χ2n) is 5.07. The lowest BCUT2D eigenvalue weighted by Crippen LogP contribution is -2.06. The molecule has 1 aromatic carbocycles. The fourth-order valence-corrected chi connectivity index (χ4v) is 2.49. The highest BCUT2D eigenvalue weighted by Crippen LogP contribution is 2.26. The lowest BCUT2D eigenvalue weighted by atomic mass is 10.0. The Morgan fingerprint density at radius 2 is 2.00 bits per heavy atom. The number of benzene rings is 1. The molecule has 3 aromatic rings. The van der Waals surface area contributed by atoms with Crippen LogP contribution in [0.15, 0.2) is 48.9 Å². The quantitative estimate of drug-likeness (QED) is 0.688. The van der Waals surface area contributed by atoms with E-state index in [1.807, 2.05) is 16.7 Å². The maximum Gasteiger partial charge on any atom is 0.339 e. The molecule has 0 N–H and O–H groups in total. The first kappa shape index (κ1) is 14.3. The van der Waals surface area contributed by atoms with E-state index in [9.17, 15) is 4.79 Å². The molecular weight excluding hydrogens is 276 g/mol. The van der Waals surface area contributed by atoms with Gasteiger partial charge in [-0.05, 0) is 30.5 Å². The van der Waals surface area contributed by atoms with Gasteiger partial charge < -0.3 is 9.14 Å². The standard InChI is InChI=1S/C18H18N2O2/c1-3-13-5-7-14(8-6-13)16-11-15(18(21)22-4-2)12-20-10-9-19-17(16)20/h5-12H,3-4H2,1-2H3. The van der Waals surface area contributed by atoms with Gasteiger partial charge in [0.1, 0.15) is 5.65 Å². The minimum Gasteiger partial charge on any atom is -0.462 e. The number of carbonyl (C=O) groups is 1. The zero-order valence-corrected chi connectivity index (χ0v) is 12.7. The molecule has 4 nitrogen and oxygen atoms in total. The second kappa shape index (κ2) is 6.02. The first-order valence-corrected chi connectivity index (χ1v) is 7.46. The van der Waals surface area contributed by atoms with Crippen molar-refractivity contribution in [1.29, 1.82) is 0 Å². The summed E-state index contributed by atoms with van der Waals surface area (Å²) in [4.78, 5) is 16.4. The molecule has 0 unspecified atom stereocenters. The van der Waals surface area contributed by atoms with Crippen molar-refractivity contribution < 1.29 is 9.53 Å². The summed E-state index contributed by atoms with van der Waals surface area (Å²) in [6.45, 7) is 4.29. The van der Waals surface area contributed by atoms with E-state index in [0.717, 1.165) is 23.2 Å². The largest absolute Gasteiger partial charge is 0.462 e. The number of fused-ring (bicyclic) bond motifs is 1. The topological polar surface area (TPSA) is 43.6 Å². The molecule has 0 radical (unpaired) electrons. The van der Waals surface area contributed by atoms with Gasteiger partial charge in [0.05, 0.1) is 12.2 Å². The third-order valence-electron chi connectivity index (χ3n) is 3.67. The van der Waals surface area contributed by atoms with Gasteiger partial charge >= 0.3 is 5.97 Å². The van der Waals surface area contributed by atoms with Crippen LogP contribution in [-0.2, 0) is 11.2 Å². The average molecular weight is 294 g/mol. The number of esters is 1. The van der Waals surface area contributed by atoms with Crippen LogP contribution >= 0.6 is 0 Å². The number of carbonyl (C=O) groups excluding carboxylic acids is 1. The van der Waals surface area contributed by atoms with Crippen LogP contribution in [0.5, 0.6) is 0 Å². The lowest BCUT2D eigenvalue weighted by molar-refractivity contribution is 0.0526. The van der Waals surface area contributed by atoms with E-state index < -0.39 is 0 Å². The minimum atomic E-state index is -0.315. The molecule has 4 heteroatoms. The molecule has 3 rings (SSSR count). The molecule has 112 valence electrons. The van der Waals surface area contributed by atoms with Crippen LogP contribution in [0, 0.1) is 0 Å². The summed E-state index contributed by atoms with van der Waals surface area (Å²) in [6, 6.07) is 10.2. The minimum absolute atomic E-state index is 0.315. The van der Waals surface area contributed by atoms with Gasteiger partial charge in [0, 0.05) is 24.2 Å². The Bertz CT molecular complexity index is 804. The molecule has 2 aromatic heterocycles. The summed E-state index contributed by atoms with van der Waals surface area (Å²) in [7, 11) is 0. The predicted octanol–water partition coefficient (Wildman–Crippen LogP) is 3.74. The van der Waals surface area contributed by atoms with Crippen LogP contribution in [0.4, 0.5) is 0 Å². The highest BCUT2D eigenvalue weighted by Gasteiger charge is 2.13. The van der Waals surface area contributed by atoms with Crippen molar-refractivity contribution in [2.45, 2.75) is 20.3 Å². The van der Waals surface area contributed by atoms with E-state index in [-0.39, 0.29) is 5.97 Å². The molecule has 0 aliphatic heterocycles. The van der Waals surface area contributed by atoms with Crippen LogP contribution in [0.1, 0.15) is 29.8 Å². The van der Waals surface area contributed by atoms with Crippen molar-refractivity contribution in [1.82, 2.24) is 9.38 Å². The Balaban J connectivity index is 2.13. The molecular formula is C18H18N2O2. The molecule has 22 heavy (non-hydrogen) atoms. The zero-order valence-electron chi connectivity index (χ0n) is 12.7. The van der Waals surface area contributed by atoms with E-state index in [2.05, 4.69) is 36.2 Å². The number of aromatic nitrogens is 2.